The van der Waals surface area contributed by atoms with Gasteiger partial charge in [-0.25, -0.2) is 4.68 Å². The van der Waals surface area contributed by atoms with E-state index in [2.05, 4.69) is 5.10 Å². The van der Waals surface area contributed by atoms with Gasteiger partial charge in [0.05, 0.1) is 6.61 Å². The van der Waals surface area contributed by atoms with Gasteiger partial charge in [0.25, 0.3) is 0 Å². The summed E-state index contributed by atoms with van der Waals surface area (Å²) in [5.41, 5.74) is -2.32. The zero-order valence-electron chi connectivity index (χ0n) is 11.1. The average Bonchev–Trinajstić information content (AvgIpc) is 3.07. The van der Waals surface area contributed by atoms with Crippen molar-refractivity contribution in [3.63, 3.8) is 0 Å². The van der Waals surface area contributed by atoms with Crippen LogP contribution in [0.1, 0.15) is 41.5 Å². The standard InChI is InChI=1S/C13H11F3N2O3/c1-2-21-6(19)3-18-8-7(9(17-18)13(14,15)16)11-4-12(11,5-11)10(8)20/h2-5H2,1H3. The monoisotopic (exact) mass is 300 g/mol. The highest BCUT2D eigenvalue weighted by atomic mass is 19.4. The first-order valence-corrected chi connectivity index (χ1v) is 6.66. The second-order valence-electron chi connectivity index (χ2n) is 5.88. The Morgan fingerprint density at radius 3 is 2.62 bits per heavy atom. The largest absolute Gasteiger partial charge is 0.465 e. The summed E-state index contributed by atoms with van der Waals surface area (Å²) in [4.78, 5) is 23.8. The van der Waals surface area contributed by atoms with E-state index in [9.17, 15) is 22.8 Å². The van der Waals surface area contributed by atoms with Crippen LogP contribution in [-0.2, 0) is 27.7 Å². The third-order valence-electron chi connectivity index (χ3n) is 4.81. The topological polar surface area (TPSA) is 61.2 Å². The molecule has 5 nitrogen and oxygen atoms in total. The maximum atomic E-state index is 13.1. The van der Waals surface area contributed by atoms with Crippen molar-refractivity contribution < 1.29 is 27.5 Å². The van der Waals surface area contributed by atoms with E-state index < -0.39 is 35.2 Å². The van der Waals surface area contributed by atoms with Crippen LogP contribution in [0.15, 0.2) is 0 Å². The van der Waals surface area contributed by atoms with Crippen LogP contribution in [0.2, 0.25) is 0 Å². The Balaban J connectivity index is 1.81. The summed E-state index contributed by atoms with van der Waals surface area (Å²) in [6.45, 7) is 1.25. The van der Waals surface area contributed by atoms with E-state index in [1.807, 2.05) is 0 Å². The first-order chi connectivity index (χ1) is 9.77. The summed E-state index contributed by atoms with van der Waals surface area (Å²) < 4.78 is 45.0. The second kappa shape index (κ2) is 3.31. The van der Waals surface area contributed by atoms with Gasteiger partial charge in [-0.1, -0.05) is 0 Å². The van der Waals surface area contributed by atoms with Crippen LogP contribution in [0.25, 0.3) is 0 Å². The van der Waals surface area contributed by atoms with E-state index in [0.717, 1.165) is 4.68 Å². The third kappa shape index (κ3) is 1.31. The molecule has 0 unspecified atom stereocenters. The molecule has 0 aromatic carbocycles. The predicted molar refractivity (Wildman–Crippen MR) is 61.5 cm³/mol. The minimum atomic E-state index is -4.62. The molecular formula is C13H11F3N2O3. The molecule has 112 valence electrons. The molecule has 0 aliphatic heterocycles. The molecule has 0 bridgehead atoms. The molecule has 1 heterocycles. The Morgan fingerprint density at radius 1 is 1.38 bits per heavy atom. The molecule has 2 saturated carbocycles. The van der Waals surface area contributed by atoms with Crippen molar-refractivity contribution in [2.24, 2.45) is 5.41 Å². The maximum absolute atomic E-state index is 13.1. The van der Waals surface area contributed by atoms with Crippen molar-refractivity contribution >= 4 is 11.8 Å². The van der Waals surface area contributed by atoms with Crippen LogP contribution in [0.5, 0.6) is 0 Å². The molecule has 1 aromatic rings. The Hall–Kier alpha value is -1.86. The number of carbonyl (C=O) groups excluding carboxylic acids is 2. The number of ether oxygens (including phenoxy) is 1. The van der Waals surface area contributed by atoms with E-state index in [-0.39, 0.29) is 23.6 Å². The van der Waals surface area contributed by atoms with E-state index in [4.69, 9.17) is 4.74 Å². The molecule has 1 aromatic heterocycles. The Bertz CT molecular complexity index is 698. The molecule has 0 amide bonds. The first-order valence-electron chi connectivity index (χ1n) is 6.66. The van der Waals surface area contributed by atoms with Crippen LogP contribution in [0.3, 0.4) is 0 Å². The van der Waals surface area contributed by atoms with Crippen molar-refractivity contribution in [1.82, 2.24) is 9.78 Å². The van der Waals surface area contributed by atoms with Gasteiger partial charge in [0.1, 0.15) is 12.2 Å². The fraction of sp³-hybridized carbons (Fsp3) is 0.615. The number of ketones is 1. The number of aromatic nitrogens is 2. The van der Waals surface area contributed by atoms with Gasteiger partial charge in [-0.2, -0.15) is 18.3 Å². The van der Waals surface area contributed by atoms with Crippen LogP contribution < -0.4 is 0 Å². The van der Waals surface area contributed by atoms with Crippen molar-refractivity contribution in [3.8, 4) is 0 Å². The lowest BCUT2D eigenvalue weighted by atomic mass is 9.95. The second-order valence-corrected chi connectivity index (χ2v) is 5.88. The molecule has 0 atom stereocenters. The lowest BCUT2D eigenvalue weighted by molar-refractivity contribution is -0.146. The number of Topliss-reactive ketones (excluding diaryl/α,β-unsaturated/α-hetero) is 1. The molecule has 0 N–H and O–H groups in total. The molecule has 0 radical (unpaired) electrons. The fourth-order valence-corrected chi connectivity index (χ4v) is 3.70. The van der Waals surface area contributed by atoms with Gasteiger partial charge in [0.2, 0.25) is 0 Å². The minimum Gasteiger partial charge on any atom is -0.465 e. The molecule has 21 heavy (non-hydrogen) atoms. The quantitative estimate of drug-likeness (QED) is 0.797. The van der Waals surface area contributed by atoms with Gasteiger partial charge in [0.15, 0.2) is 11.5 Å². The van der Waals surface area contributed by atoms with Crippen molar-refractivity contribution in [2.75, 3.05) is 6.61 Å². The number of hydrogen-bond donors (Lipinski definition) is 0. The number of hydrogen-bond acceptors (Lipinski definition) is 4. The number of carbonyl (C=O) groups is 2. The summed E-state index contributed by atoms with van der Waals surface area (Å²) in [5, 5.41) is 3.49. The van der Waals surface area contributed by atoms with Gasteiger partial charge >= 0.3 is 12.1 Å². The molecule has 0 spiro atoms. The summed E-state index contributed by atoms with van der Waals surface area (Å²) in [6.07, 6.45) is -3.65. The van der Waals surface area contributed by atoms with Crippen LogP contribution in [-0.4, -0.2) is 28.1 Å². The van der Waals surface area contributed by atoms with Crippen molar-refractivity contribution in [3.05, 3.63) is 17.0 Å². The summed E-state index contributed by atoms with van der Waals surface area (Å²) in [5.74, 6) is -1.00. The first kappa shape index (κ1) is 12.8. The van der Waals surface area contributed by atoms with Crippen LogP contribution in [0, 0.1) is 5.41 Å². The van der Waals surface area contributed by atoms with E-state index in [1.54, 1.807) is 6.92 Å². The van der Waals surface area contributed by atoms with Gasteiger partial charge in [-0.3, -0.25) is 9.59 Å². The number of halogens is 3. The lowest BCUT2D eigenvalue weighted by Crippen LogP contribution is -2.21. The molecule has 3 aliphatic carbocycles. The SMILES string of the molecule is CCOC(=O)Cn1nc(C(F)(F)F)c2c1C(=O)C13CC21C3. The molecule has 0 saturated heterocycles. The minimum absolute atomic E-state index is 0.00398. The number of rotatable bonds is 3. The van der Waals surface area contributed by atoms with Crippen LogP contribution >= 0.6 is 0 Å². The maximum Gasteiger partial charge on any atom is 0.435 e. The third-order valence-corrected chi connectivity index (χ3v) is 4.81. The van der Waals surface area contributed by atoms with E-state index in [0.29, 0.717) is 12.8 Å². The number of esters is 1. The Labute approximate surface area is 117 Å². The zero-order valence-corrected chi connectivity index (χ0v) is 11.1. The predicted octanol–water partition coefficient (Wildman–Crippen LogP) is 1.69. The highest BCUT2D eigenvalue weighted by Gasteiger charge is 2.92. The van der Waals surface area contributed by atoms with Crippen LogP contribution in [0.4, 0.5) is 13.2 Å². The molecule has 2 fully saturated rings. The van der Waals surface area contributed by atoms with E-state index in [1.165, 1.54) is 0 Å². The Morgan fingerprint density at radius 2 is 2.05 bits per heavy atom. The number of nitrogens with zero attached hydrogens (tertiary/aromatic N) is 2. The normalized spacial score (nSPS) is 31.5. The molecule has 4 rings (SSSR count). The fourth-order valence-electron chi connectivity index (χ4n) is 3.70. The average molecular weight is 300 g/mol. The number of fused-ring (bicyclic) bond motifs is 1. The van der Waals surface area contributed by atoms with Gasteiger partial charge in [-0.05, 0) is 19.8 Å². The van der Waals surface area contributed by atoms with Gasteiger partial charge < -0.3 is 4.74 Å². The highest BCUT2D eigenvalue weighted by Crippen LogP contribution is 2.90. The van der Waals surface area contributed by atoms with Crippen molar-refractivity contribution in [1.29, 1.82) is 0 Å². The highest BCUT2D eigenvalue weighted by molar-refractivity contribution is 6.14. The summed E-state index contributed by atoms with van der Waals surface area (Å²) >= 11 is 0. The smallest absolute Gasteiger partial charge is 0.435 e. The van der Waals surface area contributed by atoms with E-state index >= 15 is 0 Å². The zero-order chi connectivity index (χ0) is 15.2. The van der Waals surface area contributed by atoms with Gasteiger partial charge in [0, 0.05) is 16.4 Å². The molecular weight excluding hydrogens is 289 g/mol. The van der Waals surface area contributed by atoms with Crippen molar-refractivity contribution in [2.45, 2.75) is 37.9 Å². The summed E-state index contributed by atoms with van der Waals surface area (Å²) in [6, 6.07) is 0. The summed E-state index contributed by atoms with van der Waals surface area (Å²) in [7, 11) is 0. The Kier molecular flexibility index (Phi) is 2.02. The lowest BCUT2D eigenvalue weighted by Gasteiger charge is -2.11. The molecule has 8 heteroatoms. The number of alkyl halides is 3. The van der Waals surface area contributed by atoms with Gasteiger partial charge in [-0.15, -0.1) is 0 Å². The molecule has 3 aliphatic rings.